The maximum Gasteiger partial charge on any atom is 0.305 e. The number of carbonyl (C=O) groups is 2. The van der Waals surface area contributed by atoms with Crippen LogP contribution < -0.4 is 5.32 Å². The van der Waals surface area contributed by atoms with E-state index in [1.165, 1.54) is 0 Å². The minimum Gasteiger partial charge on any atom is -0.481 e. The number of aromatic nitrogens is 1. The number of nitrogens with one attached hydrogen (secondary N) is 1. The molecular weight excluding hydrogens is 248 g/mol. The summed E-state index contributed by atoms with van der Waals surface area (Å²) in [5, 5.41) is 15.4. The van der Waals surface area contributed by atoms with Crippen LogP contribution in [0.15, 0.2) is 10.6 Å². The highest BCUT2D eigenvalue weighted by molar-refractivity contribution is 5.93. The van der Waals surface area contributed by atoms with Gasteiger partial charge in [-0.1, -0.05) is 19.0 Å². The number of carbonyl (C=O) groups excluding carboxylic acids is 1. The van der Waals surface area contributed by atoms with Gasteiger partial charge < -0.3 is 14.9 Å². The fourth-order valence-electron chi connectivity index (χ4n) is 2.21. The summed E-state index contributed by atoms with van der Waals surface area (Å²) in [6.07, 6.45) is 2.27. The van der Waals surface area contributed by atoms with Gasteiger partial charge in [-0.3, -0.25) is 9.59 Å². The van der Waals surface area contributed by atoms with Crippen LogP contribution in [-0.2, 0) is 4.79 Å². The molecule has 2 N–H and O–H groups in total. The Hall–Kier alpha value is -1.85. The third kappa shape index (κ3) is 2.94. The first-order chi connectivity index (χ1) is 8.92. The summed E-state index contributed by atoms with van der Waals surface area (Å²) in [6.45, 7) is 3.89. The largest absolute Gasteiger partial charge is 0.481 e. The van der Waals surface area contributed by atoms with Gasteiger partial charge in [-0.25, -0.2) is 0 Å². The molecule has 0 unspecified atom stereocenters. The molecule has 1 saturated carbocycles. The normalized spacial score (nSPS) is 17.0. The molecule has 1 amide bonds. The average molecular weight is 266 g/mol. The van der Waals surface area contributed by atoms with Crippen LogP contribution >= 0.6 is 0 Å². The van der Waals surface area contributed by atoms with Crippen LogP contribution in [0.2, 0.25) is 0 Å². The van der Waals surface area contributed by atoms with E-state index in [1.54, 1.807) is 6.07 Å². The van der Waals surface area contributed by atoms with Crippen LogP contribution in [-0.4, -0.2) is 27.7 Å². The molecule has 0 bridgehead atoms. The number of hydrogen-bond acceptors (Lipinski definition) is 4. The molecular formula is C13H18N2O4. The van der Waals surface area contributed by atoms with Crippen molar-refractivity contribution in [1.29, 1.82) is 0 Å². The Balaban J connectivity index is 2.05. The first-order valence-electron chi connectivity index (χ1n) is 6.43. The van der Waals surface area contributed by atoms with Gasteiger partial charge in [-0.15, -0.1) is 0 Å². The van der Waals surface area contributed by atoms with E-state index in [4.69, 9.17) is 9.63 Å². The topological polar surface area (TPSA) is 92.4 Å². The van der Waals surface area contributed by atoms with E-state index in [0.717, 1.165) is 6.42 Å². The summed E-state index contributed by atoms with van der Waals surface area (Å²) in [4.78, 5) is 22.9. The second-order valence-corrected chi connectivity index (χ2v) is 5.43. The van der Waals surface area contributed by atoms with Crippen molar-refractivity contribution in [2.24, 2.45) is 0 Å². The average Bonchev–Trinajstić information content (AvgIpc) is 2.74. The van der Waals surface area contributed by atoms with Gasteiger partial charge in [0.2, 0.25) is 0 Å². The van der Waals surface area contributed by atoms with E-state index in [9.17, 15) is 9.59 Å². The van der Waals surface area contributed by atoms with Crippen molar-refractivity contribution in [2.75, 3.05) is 0 Å². The van der Waals surface area contributed by atoms with Gasteiger partial charge >= 0.3 is 5.97 Å². The van der Waals surface area contributed by atoms with Crippen LogP contribution in [0.4, 0.5) is 0 Å². The molecule has 1 aromatic rings. The van der Waals surface area contributed by atoms with Crippen molar-refractivity contribution in [2.45, 2.75) is 51.0 Å². The zero-order chi connectivity index (χ0) is 14.0. The van der Waals surface area contributed by atoms with Gasteiger partial charge in [0, 0.05) is 12.0 Å². The van der Waals surface area contributed by atoms with Crippen molar-refractivity contribution in [3.8, 4) is 0 Å². The second kappa shape index (κ2) is 5.03. The Morgan fingerprint density at radius 1 is 1.53 bits per heavy atom. The number of amides is 1. The molecule has 0 spiro atoms. The Bertz CT molecular complexity index is 489. The number of carboxylic acid groups (broad SMARTS) is 1. The van der Waals surface area contributed by atoms with E-state index < -0.39 is 11.5 Å². The van der Waals surface area contributed by atoms with Crippen molar-refractivity contribution >= 4 is 11.9 Å². The van der Waals surface area contributed by atoms with Crippen molar-refractivity contribution in [3.05, 3.63) is 17.5 Å². The Morgan fingerprint density at radius 3 is 2.63 bits per heavy atom. The monoisotopic (exact) mass is 266 g/mol. The molecule has 6 heteroatoms. The summed E-state index contributed by atoms with van der Waals surface area (Å²) in [6, 6.07) is 1.60. The molecule has 1 heterocycles. The quantitative estimate of drug-likeness (QED) is 0.849. The highest BCUT2D eigenvalue weighted by Gasteiger charge is 2.40. The molecule has 1 aromatic heterocycles. The smallest absolute Gasteiger partial charge is 0.305 e. The van der Waals surface area contributed by atoms with Crippen molar-refractivity contribution in [1.82, 2.24) is 10.5 Å². The lowest BCUT2D eigenvalue weighted by Gasteiger charge is -2.41. The van der Waals surface area contributed by atoms with Gasteiger partial charge in [0.25, 0.3) is 5.91 Å². The zero-order valence-corrected chi connectivity index (χ0v) is 11.1. The molecule has 104 valence electrons. The minimum absolute atomic E-state index is 0.0480. The van der Waals surface area contributed by atoms with Crippen molar-refractivity contribution in [3.63, 3.8) is 0 Å². The van der Waals surface area contributed by atoms with Gasteiger partial charge in [0.15, 0.2) is 5.69 Å². The van der Waals surface area contributed by atoms with Crippen molar-refractivity contribution < 1.29 is 19.2 Å². The summed E-state index contributed by atoms with van der Waals surface area (Å²) in [5.74, 6) is -0.462. The minimum atomic E-state index is -0.900. The summed E-state index contributed by atoms with van der Waals surface area (Å²) in [5.41, 5.74) is -0.403. The molecule has 6 nitrogen and oxygen atoms in total. The molecule has 2 rings (SSSR count). The number of aliphatic carboxylic acids is 1. The van der Waals surface area contributed by atoms with Crippen LogP contribution in [0.5, 0.6) is 0 Å². The van der Waals surface area contributed by atoms with Gasteiger partial charge in [-0.2, -0.15) is 0 Å². The molecule has 0 aromatic carbocycles. The summed E-state index contributed by atoms with van der Waals surface area (Å²) >= 11 is 0. The predicted octanol–water partition coefficient (Wildman–Crippen LogP) is 1.93. The SMILES string of the molecule is CC(C)c1cc(C(=O)NC2(CC(=O)O)CCC2)no1. The number of rotatable bonds is 5. The van der Waals surface area contributed by atoms with E-state index in [2.05, 4.69) is 10.5 Å². The van der Waals surface area contributed by atoms with E-state index >= 15 is 0 Å². The van der Waals surface area contributed by atoms with Gasteiger partial charge in [-0.05, 0) is 19.3 Å². The fraction of sp³-hybridized carbons (Fsp3) is 0.615. The third-order valence-corrected chi connectivity index (χ3v) is 3.51. The van der Waals surface area contributed by atoms with Crippen LogP contribution in [0.1, 0.15) is 61.7 Å². The first-order valence-corrected chi connectivity index (χ1v) is 6.43. The Kier molecular flexibility index (Phi) is 3.59. The first kappa shape index (κ1) is 13.6. The molecule has 1 aliphatic rings. The lowest BCUT2D eigenvalue weighted by molar-refractivity contribution is -0.139. The lowest BCUT2D eigenvalue weighted by Crippen LogP contribution is -2.54. The maximum atomic E-state index is 12.0. The van der Waals surface area contributed by atoms with Gasteiger partial charge in [0.05, 0.1) is 12.0 Å². The highest BCUT2D eigenvalue weighted by atomic mass is 16.5. The Morgan fingerprint density at radius 2 is 2.21 bits per heavy atom. The van der Waals surface area contributed by atoms with E-state index in [-0.39, 0.29) is 23.9 Å². The third-order valence-electron chi connectivity index (χ3n) is 3.51. The molecule has 1 aliphatic carbocycles. The van der Waals surface area contributed by atoms with Crippen LogP contribution in [0.25, 0.3) is 0 Å². The Labute approximate surface area is 111 Å². The second-order valence-electron chi connectivity index (χ2n) is 5.43. The summed E-state index contributed by atoms with van der Waals surface area (Å²) < 4.78 is 5.07. The maximum absolute atomic E-state index is 12.0. The molecule has 0 atom stereocenters. The van der Waals surface area contributed by atoms with E-state index in [1.807, 2.05) is 13.8 Å². The number of hydrogen-bond donors (Lipinski definition) is 2. The lowest BCUT2D eigenvalue weighted by atomic mass is 9.74. The number of carboxylic acids is 1. The zero-order valence-electron chi connectivity index (χ0n) is 11.1. The standard InChI is InChI=1S/C13H18N2O4/c1-8(2)10-6-9(15-19-10)12(18)14-13(4-3-5-13)7-11(16)17/h6,8H,3-5,7H2,1-2H3,(H,14,18)(H,16,17). The molecule has 19 heavy (non-hydrogen) atoms. The molecule has 0 saturated heterocycles. The van der Waals surface area contributed by atoms with Gasteiger partial charge in [0.1, 0.15) is 5.76 Å². The molecule has 0 aliphatic heterocycles. The highest BCUT2D eigenvalue weighted by Crippen LogP contribution is 2.35. The van der Waals surface area contributed by atoms with Crippen LogP contribution in [0, 0.1) is 0 Å². The summed E-state index contributed by atoms with van der Waals surface area (Å²) in [7, 11) is 0. The molecule has 1 fully saturated rings. The molecule has 0 radical (unpaired) electrons. The van der Waals surface area contributed by atoms with Crippen LogP contribution in [0.3, 0.4) is 0 Å². The predicted molar refractivity (Wildman–Crippen MR) is 66.9 cm³/mol. The number of nitrogens with zero attached hydrogens (tertiary/aromatic N) is 1. The fourth-order valence-corrected chi connectivity index (χ4v) is 2.21. The van der Waals surface area contributed by atoms with E-state index in [0.29, 0.717) is 18.6 Å².